The van der Waals surface area contributed by atoms with Crippen molar-refractivity contribution in [2.75, 3.05) is 7.11 Å². The summed E-state index contributed by atoms with van der Waals surface area (Å²) in [4.78, 5) is 22.8. The van der Waals surface area contributed by atoms with Gasteiger partial charge in [0.15, 0.2) is 11.5 Å². The highest BCUT2D eigenvalue weighted by Gasteiger charge is 2.19. The molecule has 1 N–H and O–H groups in total. The van der Waals surface area contributed by atoms with Gasteiger partial charge in [0.2, 0.25) is 0 Å². The van der Waals surface area contributed by atoms with Crippen LogP contribution < -0.4 is 15.0 Å². The monoisotopic (exact) mass is 384 g/mol. The lowest BCUT2D eigenvalue weighted by molar-refractivity contribution is 0.230. The van der Waals surface area contributed by atoms with Gasteiger partial charge in [-0.05, 0) is 63.3 Å². The molecule has 3 aromatic rings. The molecule has 27 heavy (non-hydrogen) atoms. The number of nitrogens with zero attached hydrogens (tertiary/aromatic N) is 1. The third-order valence-electron chi connectivity index (χ3n) is 4.87. The summed E-state index contributed by atoms with van der Waals surface area (Å²) in [5.74, 6) is 1.88. The van der Waals surface area contributed by atoms with Crippen molar-refractivity contribution >= 4 is 21.6 Å². The van der Waals surface area contributed by atoms with E-state index in [1.807, 2.05) is 32.0 Å². The van der Waals surface area contributed by atoms with Gasteiger partial charge in [-0.2, -0.15) is 0 Å². The van der Waals surface area contributed by atoms with Gasteiger partial charge in [0.1, 0.15) is 10.7 Å². The normalized spacial score (nSPS) is 14.2. The number of ether oxygens (including phenoxy) is 2. The van der Waals surface area contributed by atoms with Crippen molar-refractivity contribution < 1.29 is 9.47 Å². The number of rotatable bonds is 4. The summed E-state index contributed by atoms with van der Waals surface area (Å²) < 4.78 is 11.2. The molecule has 4 rings (SSSR count). The van der Waals surface area contributed by atoms with E-state index < -0.39 is 0 Å². The molecule has 1 aliphatic carbocycles. The average molecular weight is 385 g/mol. The van der Waals surface area contributed by atoms with Crippen molar-refractivity contribution in [3.63, 3.8) is 0 Å². The fraction of sp³-hybridized carbons (Fsp3) is 0.429. The van der Waals surface area contributed by atoms with Crippen molar-refractivity contribution in [1.29, 1.82) is 0 Å². The van der Waals surface area contributed by atoms with Crippen LogP contribution in [0, 0.1) is 0 Å². The van der Waals surface area contributed by atoms with E-state index in [1.165, 1.54) is 23.3 Å². The minimum Gasteiger partial charge on any atom is -0.493 e. The Morgan fingerprint density at radius 2 is 1.96 bits per heavy atom. The molecule has 0 saturated heterocycles. The molecule has 5 nitrogen and oxygen atoms in total. The molecule has 0 spiro atoms. The smallest absolute Gasteiger partial charge is 0.260 e. The molecule has 1 aliphatic rings. The van der Waals surface area contributed by atoms with E-state index in [1.54, 1.807) is 18.4 Å². The number of hydrogen-bond donors (Lipinski definition) is 1. The molecule has 0 saturated carbocycles. The first-order valence-electron chi connectivity index (χ1n) is 9.46. The Morgan fingerprint density at radius 1 is 1.15 bits per heavy atom. The minimum absolute atomic E-state index is 0.0455. The minimum atomic E-state index is -0.0455. The zero-order valence-electron chi connectivity index (χ0n) is 15.9. The summed E-state index contributed by atoms with van der Waals surface area (Å²) in [7, 11) is 1.61. The maximum absolute atomic E-state index is 12.8. The number of nitrogens with one attached hydrogen (secondary N) is 1. The van der Waals surface area contributed by atoms with Gasteiger partial charge in [0, 0.05) is 10.4 Å². The van der Waals surface area contributed by atoms with Crippen LogP contribution in [0.2, 0.25) is 0 Å². The van der Waals surface area contributed by atoms with Gasteiger partial charge >= 0.3 is 0 Å². The molecule has 0 atom stereocenters. The number of hydrogen-bond acceptors (Lipinski definition) is 5. The molecule has 0 bridgehead atoms. The summed E-state index contributed by atoms with van der Waals surface area (Å²) in [6.45, 7) is 3.95. The van der Waals surface area contributed by atoms with E-state index in [-0.39, 0.29) is 11.7 Å². The van der Waals surface area contributed by atoms with E-state index in [0.717, 1.165) is 35.0 Å². The van der Waals surface area contributed by atoms with Crippen LogP contribution in [0.5, 0.6) is 11.5 Å². The second-order valence-corrected chi connectivity index (χ2v) is 8.28. The van der Waals surface area contributed by atoms with Crippen molar-refractivity contribution in [2.24, 2.45) is 0 Å². The fourth-order valence-corrected chi connectivity index (χ4v) is 4.91. The molecule has 142 valence electrons. The van der Waals surface area contributed by atoms with Gasteiger partial charge < -0.3 is 14.5 Å². The molecular formula is C21H24N2O3S. The van der Waals surface area contributed by atoms with Crippen LogP contribution in [0.3, 0.4) is 0 Å². The first-order valence-corrected chi connectivity index (χ1v) is 10.3. The van der Waals surface area contributed by atoms with Gasteiger partial charge in [-0.1, -0.05) is 6.42 Å². The standard InChI is InChI=1S/C21H24N2O3S/c1-12(2)26-15-10-9-13(11-16(15)25-3)19-22-20(24)18-14-7-5-4-6-8-17(14)27-21(18)23-19/h9-12H,4-8H2,1-3H3,(H,22,23,24). The highest BCUT2D eigenvalue weighted by Crippen LogP contribution is 2.35. The summed E-state index contributed by atoms with van der Waals surface area (Å²) in [6, 6.07) is 5.63. The molecule has 0 fully saturated rings. The van der Waals surface area contributed by atoms with E-state index in [2.05, 4.69) is 4.98 Å². The maximum Gasteiger partial charge on any atom is 0.260 e. The van der Waals surface area contributed by atoms with Gasteiger partial charge in [-0.3, -0.25) is 4.79 Å². The van der Waals surface area contributed by atoms with Crippen LogP contribution in [0.15, 0.2) is 23.0 Å². The first kappa shape index (κ1) is 18.0. The predicted molar refractivity (Wildman–Crippen MR) is 109 cm³/mol. The highest BCUT2D eigenvalue weighted by molar-refractivity contribution is 7.18. The summed E-state index contributed by atoms with van der Waals surface area (Å²) in [5.41, 5.74) is 1.98. The van der Waals surface area contributed by atoms with Gasteiger partial charge in [-0.15, -0.1) is 11.3 Å². The van der Waals surface area contributed by atoms with Gasteiger partial charge in [0.05, 0.1) is 18.6 Å². The van der Waals surface area contributed by atoms with Crippen LogP contribution in [-0.2, 0) is 12.8 Å². The Hall–Kier alpha value is -2.34. The third kappa shape index (κ3) is 3.46. The second kappa shape index (κ2) is 7.35. The lowest BCUT2D eigenvalue weighted by atomic mass is 10.1. The predicted octanol–water partition coefficient (Wildman–Crippen LogP) is 4.72. The number of aryl methyl sites for hydroxylation is 2. The van der Waals surface area contributed by atoms with Crippen LogP contribution in [0.4, 0.5) is 0 Å². The molecule has 0 amide bonds. The lowest BCUT2D eigenvalue weighted by Gasteiger charge is -2.14. The van der Waals surface area contributed by atoms with E-state index >= 15 is 0 Å². The van der Waals surface area contributed by atoms with Gasteiger partial charge in [0.25, 0.3) is 5.56 Å². The number of methoxy groups -OCH3 is 1. The summed E-state index contributed by atoms with van der Waals surface area (Å²) in [6.07, 6.45) is 5.67. The summed E-state index contributed by atoms with van der Waals surface area (Å²) >= 11 is 1.67. The first-order chi connectivity index (χ1) is 13.1. The molecule has 0 radical (unpaired) electrons. The van der Waals surface area contributed by atoms with Crippen LogP contribution in [0.25, 0.3) is 21.6 Å². The van der Waals surface area contributed by atoms with Crippen molar-refractivity contribution in [3.05, 3.63) is 39.0 Å². The molecule has 6 heteroatoms. The average Bonchev–Trinajstić information content (AvgIpc) is 2.83. The molecule has 0 aliphatic heterocycles. The van der Waals surface area contributed by atoms with Crippen molar-refractivity contribution in [1.82, 2.24) is 9.97 Å². The largest absolute Gasteiger partial charge is 0.493 e. The number of H-pyrrole nitrogens is 1. The van der Waals surface area contributed by atoms with Crippen molar-refractivity contribution in [2.45, 2.75) is 52.1 Å². The third-order valence-corrected chi connectivity index (χ3v) is 6.06. The van der Waals surface area contributed by atoms with E-state index in [9.17, 15) is 4.79 Å². The van der Waals surface area contributed by atoms with E-state index in [0.29, 0.717) is 17.3 Å². The van der Waals surface area contributed by atoms with Crippen LogP contribution in [0.1, 0.15) is 43.6 Å². The molecule has 1 aromatic carbocycles. The number of aromatic nitrogens is 2. The van der Waals surface area contributed by atoms with Crippen LogP contribution >= 0.6 is 11.3 Å². The molecule has 0 unspecified atom stereocenters. The SMILES string of the molecule is COc1cc(-c2nc3sc4c(c3c(=O)[nH]2)CCCCC4)ccc1OC(C)C. The number of benzene rings is 1. The van der Waals surface area contributed by atoms with Crippen LogP contribution in [-0.4, -0.2) is 23.2 Å². The quantitative estimate of drug-likeness (QED) is 0.661. The number of thiophene rings is 1. The highest BCUT2D eigenvalue weighted by atomic mass is 32.1. The van der Waals surface area contributed by atoms with Gasteiger partial charge in [-0.25, -0.2) is 4.98 Å². The zero-order valence-corrected chi connectivity index (χ0v) is 16.7. The summed E-state index contributed by atoms with van der Waals surface area (Å²) in [5, 5.41) is 0.785. The number of aromatic amines is 1. The molecule has 2 heterocycles. The fourth-order valence-electron chi connectivity index (χ4n) is 3.64. The lowest BCUT2D eigenvalue weighted by Crippen LogP contribution is -2.10. The maximum atomic E-state index is 12.8. The Bertz CT molecular complexity index is 1040. The molecule has 2 aromatic heterocycles. The Labute approximate surface area is 162 Å². The Morgan fingerprint density at radius 3 is 2.74 bits per heavy atom. The number of fused-ring (bicyclic) bond motifs is 3. The topological polar surface area (TPSA) is 64.2 Å². The molecular weight excluding hydrogens is 360 g/mol. The second-order valence-electron chi connectivity index (χ2n) is 7.19. The van der Waals surface area contributed by atoms with E-state index in [4.69, 9.17) is 14.5 Å². The zero-order chi connectivity index (χ0) is 19.0. The Kier molecular flexibility index (Phi) is 4.91. The Balaban J connectivity index is 1.79. The van der Waals surface area contributed by atoms with Crippen molar-refractivity contribution in [3.8, 4) is 22.9 Å².